The summed E-state index contributed by atoms with van der Waals surface area (Å²) in [7, 11) is 3.49. The van der Waals surface area contributed by atoms with Gasteiger partial charge in [-0.25, -0.2) is 0 Å². The zero-order chi connectivity index (χ0) is 22.1. The molecule has 3 rings (SSSR count). The van der Waals surface area contributed by atoms with Crippen LogP contribution in [-0.4, -0.2) is 61.3 Å². The summed E-state index contributed by atoms with van der Waals surface area (Å²) in [5, 5.41) is 10.9. The first kappa shape index (κ1) is 26.4. The van der Waals surface area contributed by atoms with Crippen molar-refractivity contribution in [2.45, 2.75) is 51.5 Å². The van der Waals surface area contributed by atoms with Gasteiger partial charge in [0, 0.05) is 32.5 Å². The van der Waals surface area contributed by atoms with Crippen molar-refractivity contribution in [3.05, 3.63) is 41.5 Å². The summed E-state index contributed by atoms with van der Waals surface area (Å²) in [5.41, 5.74) is 1.29. The molecule has 1 saturated heterocycles. The third-order valence-corrected chi connectivity index (χ3v) is 5.65. The molecule has 178 valence electrons. The molecule has 1 aromatic carbocycles. The number of benzene rings is 1. The van der Waals surface area contributed by atoms with Crippen LogP contribution in [0.2, 0.25) is 0 Å². The summed E-state index contributed by atoms with van der Waals surface area (Å²) in [6.45, 7) is 7.82. The summed E-state index contributed by atoms with van der Waals surface area (Å²) in [6, 6.07) is 8.69. The molecule has 2 heterocycles. The third kappa shape index (κ3) is 7.61. The molecule has 8 nitrogen and oxygen atoms in total. The molecule has 1 unspecified atom stereocenters. The monoisotopic (exact) mass is 556 g/mol. The summed E-state index contributed by atoms with van der Waals surface area (Å²) in [5.74, 6) is 3.33. The fraction of sp³-hybridized carbons (Fsp3) is 0.609. The Morgan fingerprint density at radius 1 is 1.16 bits per heavy atom. The van der Waals surface area contributed by atoms with Crippen molar-refractivity contribution in [2.24, 2.45) is 4.99 Å². The normalized spacial score (nSPS) is 15.8. The van der Waals surface area contributed by atoms with Crippen LogP contribution in [0.4, 0.5) is 0 Å². The summed E-state index contributed by atoms with van der Waals surface area (Å²) in [6.07, 6.45) is 4.48. The first-order chi connectivity index (χ1) is 15.1. The van der Waals surface area contributed by atoms with Gasteiger partial charge in [-0.3, -0.25) is 9.89 Å². The van der Waals surface area contributed by atoms with E-state index in [2.05, 4.69) is 56.6 Å². The lowest BCUT2D eigenvalue weighted by Crippen LogP contribution is -2.44. The van der Waals surface area contributed by atoms with Crippen LogP contribution >= 0.6 is 24.0 Å². The Bertz CT molecular complexity index is 818. The molecular formula is C23H37IN6O2. The lowest BCUT2D eigenvalue weighted by atomic mass is 10.0. The van der Waals surface area contributed by atoms with Crippen molar-refractivity contribution in [1.29, 1.82) is 0 Å². The Hall–Kier alpha value is -1.88. The number of rotatable bonds is 9. The van der Waals surface area contributed by atoms with Crippen LogP contribution in [-0.2, 0) is 6.42 Å². The molecule has 0 bridgehead atoms. The molecule has 1 aliphatic heterocycles. The second-order valence-electron chi connectivity index (χ2n) is 8.22. The van der Waals surface area contributed by atoms with Crippen LogP contribution in [0.3, 0.4) is 0 Å². The highest BCUT2D eigenvalue weighted by atomic mass is 127. The molecule has 9 heteroatoms. The van der Waals surface area contributed by atoms with Gasteiger partial charge in [0.15, 0.2) is 11.8 Å². The van der Waals surface area contributed by atoms with E-state index in [0.717, 1.165) is 37.2 Å². The largest absolute Gasteiger partial charge is 0.497 e. The van der Waals surface area contributed by atoms with E-state index in [4.69, 9.17) is 9.26 Å². The smallest absolute Gasteiger partial charge is 0.228 e. The van der Waals surface area contributed by atoms with E-state index >= 15 is 0 Å². The van der Waals surface area contributed by atoms with Gasteiger partial charge >= 0.3 is 0 Å². The quantitative estimate of drug-likeness (QED) is 0.276. The van der Waals surface area contributed by atoms with Crippen LogP contribution in [0, 0.1) is 0 Å². The lowest BCUT2D eigenvalue weighted by molar-refractivity contribution is 0.164. The van der Waals surface area contributed by atoms with Gasteiger partial charge in [-0.2, -0.15) is 4.98 Å². The second-order valence-corrected chi connectivity index (χ2v) is 8.22. The average molecular weight is 556 g/mol. The minimum absolute atomic E-state index is 0. The van der Waals surface area contributed by atoms with Gasteiger partial charge in [0.25, 0.3) is 0 Å². The van der Waals surface area contributed by atoms with Gasteiger partial charge < -0.3 is 19.9 Å². The highest BCUT2D eigenvalue weighted by Gasteiger charge is 2.22. The maximum atomic E-state index is 5.33. The minimum Gasteiger partial charge on any atom is -0.497 e. The van der Waals surface area contributed by atoms with Crippen molar-refractivity contribution in [2.75, 3.05) is 40.3 Å². The molecule has 0 amide bonds. The SMILES string of the molecule is CN=C(NCCc1nc(C(C)C)no1)NCC(c1ccc(OC)cc1)N1CCCCC1.I. The first-order valence-corrected chi connectivity index (χ1v) is 11.3. The molecule has 1 aromatic heterocycles. The number of halogens is 1. The highest BCUT2D eigenvalue weighted by molar-refractivity contribution is 14.0. The molecule has 0 spiro atoms. The lowest BCUT2D eigenvalue weighted by Gasteiger charge is -2.35. The minimum atomic E-state index is 0. The van der Waals surface area contributed by atoms with E-state index in [1.54, 1.807) is 14.2 Å². The Morgan fingerprint density at radius 3 is 2.47 bits per heavy atom. The number of methoxy groups -OCH3 is 1. The van der Waals surface area contributed by atoms with Gasteiger partial charge in [0.2, 0.25) is 5.89 Å². The molecular weight excluding hydrogens is 519 g/mol. The van der Waals surface area contributed by atoms with E-state index in [0.29, 0.717) is 18.9 Å². The zero-order valence-corrected chi connectivity index (χ0v) is 22.0. The number of likely N-dealkylation sites (tertiary alicyclic amines) is 1. The zero-order valence-electron chi connectivity index (χ0n) is 19.6. The van der Waals surface area contributed by atoms with Crippen LogP contribution in [0.1, 0.15) is 62.3 Å². The number of aliphatic imine (C=N–C) groups is 1. The Morgan fingerprint density at radius 2 is 1.88 bits per heavy atom. The topological polar surface area (TPSA) is 87.8 Å². The van der Waals surface area contributed by atoms with Crippen LogP contribution < -0.4 is 15.4 Å². The van der Waals surface area contributed by atoms with Crippen LogP contribution in [0.25, 0.3) is 0 Å². The van der Waals surface area contributed by atoms with Crippen LogP contribution in [0.5, 0.6) is 5.75 Å². The van der Waals surface area contributed by atoms with Gasteiger partial charge in [-0.05, 0) is 43.6 Å². The van der Waals surface area contributed by atoms with Crippen molar-refractivity contribution in [3.8, 4) is 5.75 Å². The Kier molecular flexibility index (Phi) is 11.2. The molecule has 32 heavy (non-hydrogen) atoms. The molecule has 2 aromatic rings. The van der Waals surface area contributed by atoms with Gasteiger partial charge in [0.05, 0.1) is 13.2 Å². The highest BCUT2D eigenvalue weighted by Crippen LogP contribution is 2.25. The predicted octanol–water partition coefficient (Wildman–Crippen LogP) is 3.75. The Balaban J connectivity index is 0.00000363. The number of nitrogens with zero attached hydrogens (tertiary/aromatic N) is 4. The molecule has 0 aliphatic carbocycles. The molecule has 1 fully saturated rings. The van der Waals surface area contributed by atoms with Crippen molar-refractivity contribution < 1.29 is 9.26 Å². The van der Waals surface area contributed by atoms with E-state index in [1.165, 1.54) is 24.8 Å². The standard InChI is InChI=1S/C23H36N6O2.HI/c1-17(2)22-27-21(31-28-22)12-13-25-23(24-3)26-16-20(29-14-6-5-7-15-29)18-8-10-19(30-4)11-9-18;/h8-11,17,20H,5-7,12-16H2,1-4H3,(H2,24,25,26);1H. The first-order valence-electron chi connectivity index (χ1n) is 11.3. The van der Waals surface area contributed by atoms with E-state index in [9.17, 15) is 0 Å². The van der Waals surface area contributed by atoms with E-state index in [-0.39, 0.29) is 35.9 Å². The van der Waals surface area contributed by atoms with Gasteiger partial charge in [-0.15, -0.1) is 24.0 Å². The number of hydrogen-bond donors (Lipinski definition) is 2. The number of piperidine rings is 1. The maximum absolute atomic E-state index is 5.33. The fourth-order valence-corrected chi connectivity index (χ4v) is 3.82. The third-order valence-electron chi connectivity index (χ3n) is 5.65. The molecule has 0 saturated carbocycles. The maximum Gasteiger partial charge on any atom is 0.228 e. The van der Waals surface area contributed by atoms with Crippen molar-refractivity contribution in [1.82, 2.24) is 25.7 Å². The number of aromatic nitrogens is 2. The second kappa shape index (κ2) is 13.6. The van der Waals surface area contributed by atoms with Crippen molar-refractivity contribution >= 4 is 29.9 Å². The molecule has 1 aliphatic rings. The fourth-order valence-electron chi connectivity index (χ4n) is 3.82. The van der Waals surface area contributed by atoms with E-state index in [1.807, 2.05) is 12.1 Å². The number of nitrogens with one attached hydrogen (secondary N) is 2. The van der Waals surface area contributed by atoms with Crippen molar-refractivity contribution in [3.63, 3.8) is 0 Å². The summed E-state index contributed by atoms with van der Waals surface area (Å²) in [4.78, 5) is 11.4. The number of hydrogen-bond acceptors (Lipinski definition) is 6. The molecule has 2 N–H and O–H groups in total. The summed E-state index contributed by atoms with van der Waals surface area (Å²) < 4.78 is 10.6. The molecule has 0 radical (unpaired) electrons. The summed E-state index contributed by atoms with van der Waals surface area (Å²) >= 11 is 0. The predicted molar refractivity (Wildman–Crippen MR) is 138 cm³/mol. The average Bonchev–Trinajstić information content (AvgIpc) is 3.28. The number of ether oxygens (including phenoxy) is 1. The van der Waals surface area contributed by atoms with Crippen LogP contribution in [0.15, 0.2) is 33.8 Å². The van der Waals surface area contributed by atoms with Gasteiger partial charge in [0.1, 0.15) is 5.75 Å². The van der Waals surface area contributed by atoms with E-state index < -0.39 is 0 Å². The van der Waals surface area contributed by atoms with Gasteiger partial charge in [-0.1, -0.05) is 37.6 Å². The molecule has 1 atom stereocenters. The Labute approximate surface area is 208 Å². The number of guanidine groups is 1.